The van der Waals surface area contributed by atoms with E-state index in [1.807, 2.05) is 6.92 Å². The fourth-order valence-corrected chi connectivity index (χ4v) is 2.09. The Bertz CT molecular complexity index is 382. The molecule has 1 aromatic carbocycles. The second kappa shape index (κ2) is 7.36. The zero-order valence-electron chi connectivity index (χ0n) is 9.93. The lowest BCUT2D eigenvalue weighted by Gasteiger charge is -2.15. The van der Waals surface area contributed by atoms with Crippen LogP contribution in [-0.4, -0.2) is 0 Å². The minimum atomic E-state index is -4.33. The first-order valence-electron chi connectivity index (χ1n) is 5.48. The van der Waals surface area contributed by atoms with Crippen LogP contribution in [0.3, 0.4) is 0 Å². The Labute approximate surface area is 119 Å². The number of rotatable bonds is 4. The van der Waals surface area contributed by atoms with Gasteiger partial charge in [0, 0.05) is 10.5 Å². The Morgan fingerprint density at radius 1 is 1.28 bits per heavy atom. The molecule has 0 aliphatic carbocycles. The molecule has 0 aliphatic heterocycles. The van der Waals surface area contributed by atoms with E-state index >= 15 is 0 Å². The zero-order chi connectivity index (χ0) is 13.1. The molecule has 0 spiro atoms. The number of hydrogen-bond acceptors (Lipinski definition) is 1. The van der Waals surface area contributed by atoms with Crippen LogP contribution in [-0.2, 0) is 6.18 Å². The van der Waals surface area contributed by atoms with E-state index in [0.29, 0.717) is 16.5 Å². The topological polar surface area (TPSA) is 26.0 Å². The molecule has 104 valence electrons. The van der Waals surface area contributed by atoms with Crippen LogP contribution in [0.5, 0.6) is 0 Å². The molecule has 0 fully saturated rings. The smallest absolute Gasteiger partial charge is 0.324 e. The predicted octanol–water partition coefficient (Wildman–Crippen LogP) is 5.08. The van der Waals surface area contributed by atoms with Gasteiger partial charge in [-0.2, -0.15) is 13.2 Å². The van der Waals surface area contributed by atoms with Crippen LogP contribution in [0.15, 0.2) is 22.7 Å². The number of hydrogen-bond donors (Lipinski definition) is 1. The summed E-state index contributed by atoms with van der Waals surface area (Å²) < 4.78 is 38.2. The fourth-order valence-electron chi connectivity index (χ4n) is 1.58. The normalized spacial score (nSPS) is 13.0. The van der Waals surface area contributed by atoms with E-state index in [9.17, 15) is 13.2 Å². The molecule has 0 radical (unpaired) electrons. The number of halogens is 5. The molecule has 0 saturated carbocycles. The zero-order valence-corrected chi connectivity index (χ0v) is 12.3. The van der Waals surface area contributed by atoms with Crippen molar-refractivity contribution in [2.75, 3.05) is 0 Å². The molecule has 6 heteroatoms. The third-order valence-corrected chi connectivity index (χ3v) is 3.00. The van der Waals surface area contributed by atoms with Crippen LogP contribution >= 0.6 is 28.3 Å². The lowest BCUT2D eigenvalue weighted by molar-refractivity contribution is -0.137. The van der Waals surface area contributed by atoms with Gasteiger partial charge in [-0.25, -0.2) is 0 Å². The van der Waals surface area contributed by atoms with Crippen LogP contribution in [0.4, 0.5) is 13.2 Å². The summed E-state index contributed by atoms with van der Waals surface area (Å²) in [6, 6.07) is 3.50. The minimum absolute atomic E-state index is 0. The highest BCUT2D eigenvalue weighted by molar-refractivity contribution is 9.10. The summed E-state index contributed by atoms with van der Waals surface area (Å²) in [5.74, 6) is 0. The van der Waals surface area contributed by atoms with Gasteiger partial charge in [0.25, 0.3) is 0 Å². The lowest BCUT2D eigenvalue weighted by atomic mass is 10.00. The molecule has 0 aromatic heterocycles. The highest BCUT2D eigenvalue weighted by Gasteiger charge is 2.31. The van der Waals surface area contributed by atoms with Crippen molar-refractivity contribution in [2.45, 2.75) is 38.4 Å². The van der Waals surface area contributed by atoms with Crippen LogP contribution in [0.1, 0.15) is 43.4 Å². The van der Waals surface area contributed by atoms with Gasteiger partial charge in [-0.1, -0.05) is 35.7 Å². The van der Waals surface area contributed by atoms with Gasteiger partial charge in [0.05, 0.1) is 5.56 Å². The first-order chi connectivity index (χ1) is 7.84. The molecule has 1 aromatic rings. The molecule has 1 atom stereocenters. The molecular formula is C12H16BrClF3N. The Morgan fingerprint density at radius 2 is 1.89 bits per heavy atom. The summed E-state index contributed by atoms with van der Waals surface area (Å²) in [6.07, 6.45) is -1.74. The molecule has 1 nitrogen and oxygen atoms in total. The second-order valence-electron chi connectivity index (χ2n) is 4.02. The molecule has 0 bridgehead atoms. The van der Waals surface area contributed by atoms with Crippen LogP contribution in [0.25, 0.3) is 0 Å². The van der Waals surface area contributed by atoms with E-state index in [4.69, 9.17) is 5.73 Å². The van der Waals surface area contributed by atoms with Crippen molar-refractivity contribution < 1.29 is 13.2 Å². The number of unbranched alkanes of at least 4 members (excludes halogenated alkanes) is 1. The van der Waals surface area contributed by atoms with Gasteiger partial charge in [0.15, 0.2) is 0 Å². The third-order valence-electron chi connectivity index (χ3n) is 2.54. The summed E-state index contributed by atoms with van der Waals surface area (Å²) in [7, 11) is 0. The van der Waals surface area contributed by atoms with Gasteiger partial charge in [-0.15, -0.1) is 12.4 Å². The minimum Gasteiger partial charge on any atom is -0.324 e. The molecule has 0 aliphatic rings. The average Bonchev–Trinajstić information content (AvgIpc) is 2.23. The Morgan fingerprint density at radius 3 is 2.39 bits per heavy atom. The Kier molecular flexibility index (Phi) is 7.25. The average molecular weight is 347 g/mol. The largest absolute Gasteiger partial charge is 0.416 e. The first-order valence-corrected chi connectivity index (χ1v) is 6.27. The molecule has 18 heavy (non-hydrogen) atoms. The molecule has 1 rings (SSSR count). The standard InChI is InChI=1S/C12H15BrF3N.ClH/c1-2-3-4-11(17)8-5-9(12(14,15)16)7-10(13)6-8;/h5-7,11H,2-4,17H2,1H3;1H/t11-;/m1./s1. The monoisotopic (exact) mass is 345 g/mol. The lowest BCUT2D eigenvalue weighted by Crippen LogP contribution is -2.12. The molecule has 2 N–H and O–H groups in total. The Balaban J connectivity index is 0.00000289. The van der Waals surface area contributed by atoms with Crippen molar-refractivity contribution in [2.24, 2.45) is 5.73 Å². The fraction of sp³-hybridized carbons (Fsp3) is 0.500. The van der Waals surface area contributed by atoms with E-state index in [1.54, 1.807) is 6.07 Å². The van der Waals surface area contributed by atoms with Crippen molar-refractivity contribution in [3.05, 3.63) is 33.8 Å². The van der Waals surface area contributed by atoms with Gasteiger partial charge in [-0.3, -0.25) is 0 Å². The maximum Gasteiger partial charge on any atom is 0.416 e. The second-order valence-corrected chi connectivity index (χ2v) is 4.94. The maximum atomic E-state index is 12.6. The van der Waals surface area contributed by atoms with E-state index in [-0.39, 0.29) is 18.4 Å². The van der Waals surface area contributed by atoms with E-state index in [1.165, 1.54) is 0 Å². The quantitative estimate of drug-likeness (QED) is 0.808. The summed E-state index contributed by atoms with van der Waals surface area (Å²) in [6.45, 7) is 2.02. The van der Waals surface area contributed by atoms with Gasteiger partial charge in [0.2, 0.25) is 0 Å². The molecule has 0 saturated heterocycles. The number of nitrogens with two attached hydrogens (primary N) is 1. The van der Waals surface area contributed by atoms with Gasteiger partial charge < -0.3 is 5.73 Å². The molecular weight excluding hydrogens is 330 g/mol. The van der Waals surface area contributed by atoms with E-state index in [0.717, 1.165) is 25.0 Å². The number of alkyl halides is 3. The van der Waals surface area contributed by atoms with Crippen molar-refractivity contribution in [1.82, 2.24) is 0 Å². The summed E-state index contributed by atoms with van der Waals surface area (Å²) >= 11 is 3.09. The summed E-state index contributed by atoms with van der Waals surface area (Å²) in [5.41, 5.74) is 5.74. The first kappa shape index (κ1) is 17.7. The molecule has 0 amide bonds. The highest BCUT2D eigenvalue weighted by atomic mass is 79.9. The van der Waals surface area contributed by atoms with E-state index < -0.39 is 11.7 Å². The third kappa shape index (κ3) is 5.16. The predicted molar refractivity (Wildman–Crippen MR) is 72.8 cm³/mol. The highest BCUT2D eigenvalue weighted by Crippen LogP contribution is 2.33. The maximum absolute atomic E-state index is 12.6. The van der Waals surface area contributed by atoms with Gasteiger partial charge in [0.1, 0.15) is 0 Å². The van der Waals surface area contributed by atoms with Crippen molar-refractivity contribution >= 4 is 28.3 Å². The SMILES string of the molecule is CCCC[C@@H](N)c1cc(Br)cc(C(F)(F)F)c1.Cl. The number of benzene rings is 1. The van der Waals surface area contributed by atoms with Crippen molar-refractivity contribution in [3.8, 4) is 0 Å². The van der Waals surface area contributed by atoms with Gasteiger partial charge in [-0.05, 0) is 30.2 Å². The summed E-state index contributed by atoms with van der Waals surface area (Å²) in [4.78, 5) is 0. The Hall–Kier alpha value is -0.260. The van der Waals surface area contributed by atoms with Crippen molar-refractivity contribution in [3.63, 3.8) is 0 Å². The van der Waals surface area contributed by atoms with Crippen LogP contribution in [0, 0.1) is 0 Å². The van der Waals surface area contributed by atoms with Crippen molar-refractivity contribution in [1.29, 1.82) is 0 Å². The van der Waals surface area contributed by atoms with E-state index in [2.05, 4.69) is 15.9 Å². The molecule has 0 heterocycles. The van der Waals surface area contributed by atoms with Gasteiger partial charge >= 0.3 is 6.18 Å². The molecule has 0 unspecified atom stereocenters. The summed E-state index contributed by atoms with van der Waals surface area (Å²) in [5, 5.41) is 0. The van der Waals surface area contributed by atoms with Crippen LogP contribution < -0.4 is 5.73 Å². The van der Waals surface area contributed by atoms with Crippen LogP contribution in [0.2, 0.25) is 0 Å².